The van der Waals surface area contributed by atoms with Crippen LogP contribution in [0.2, 0.25) is 0 Å². The second-order valence-electron chi connectivity index (χ2n) is 5.00. The van der Waals surface area contributed by atoms with E-state index < -0.39 is 0 Å². The number of benzene rings is 1. The van der Waals surface area contributed by atoms with E-state index in [1.54, 1.807) is 25.4 Å². The Labute approximate surface area is 135 Å². The Morgan fingerprint density at radius 2 is 1.96 bits per heavy atom. The normalized spacial score (nSPS) is 10.2. The molecule has 2 aromatic rings. The second-order valence-corrected chi connectivity index (χ2v) is 5.00. The Kier molecular flexibility index (Phi) is 6.38. The van der Waals surface area contributed by atoms with Crippen LogP contribution in [0, 0.1) is 6.92 Å². The average Bonchev–Trinajstić information content (AvgIpc) is 2.56. The number of amides is 1. The highest BCUT2D eigenvalue weighted by atomic mass is 16.5. The summed E-state index contributed by atoms with van der Waals surface area (Å²) in [5.41, 5.74) is 1.77. The maximum atomic E-state index is 11.9. The molecule has 1 aromatic heterocycles. The zero-order valence-corrected chi connectivity index (χ0v) is 13.3. The van der Waals surface area contributed by atoms with Gasteiger partial charge in [0.05, 0.1) is 18.5 Å². The Morgan fingerprint density at radius 3 is 2.61 bits per heavy atom. The van der Waals surface area contributed by atoms with Gasteiger partial charge in [0, 0.05) is 13.7 Å². The van der Waals surface area contributed by atoms with Crippen molar-refractivity contribution >= 4 is 17.4 Å². The molecule has 0 aliphatic carbocycles. The van der Waals surface area contributed by atoms with Gasteiger partial charge in [0.2, 0.25) is 0 Å². The number of ether oxygens (including phenoxy) is 2. The average molecular weight is 315 g/mol. The Hall–Kier alpha value is -2.60. The number of rotatable bonds is 8. The highest BCUT2D eigenvalue weighted by molar-refractivity contribution is 5.91. The third kappa shape index (κ3) is 5.96. The van der Waals surface area contributed by atoms with E-state index in [9.17, 15) is 4.79 Å². The van der Waals surface area contributed by atoms with Crippen molar-refractivity contribution in [1.29, 1.82) is 0 Å². The molecule has 1 heterocycles. The van der Waals surface area contributed by atoms with E-state index >= 15 is 0 Å². The molecule has 6 nitrogen and oxygen atoms in total. The summed E-state index contributed by atoms with van der Waals surface area (Å²) in [5.74, 6) is 1.17. The molecule has 122 valence electrons. The minimum Gasteiger partial charge on any atom is -0.484 e. The standard InChI is InChI=1S/C17H21N3O3/c1-13-3-6-15(7-4-13)23-12-17(21)20-14-5-8-16(19-11-14)18-9-10-22-2/h3-8,11H,9-10,12H2,1-2H3,(H,18,19)(H,20,21). The van der Waals surface area contributed by atoms with Crippen molar-refractivity contribution in [1.82, 2.24) is 4.98 Å². The van der Waals surface area contributed by atoms with E-state index in [1.807, 2.05) is 31.2 Å². The van der Waals surface area contributed by atoms with Crippen LogP contribution < -0.4 is 15.4 Å². The molecule has 0 saturated heterocycles. The number of carbonyl (C=O) groups is 1. The molecule has 0 bridgehead atoms. The van der Waals surface area contributed by atoms with Crippen LogP contribution in [0.25, 0.3) is 0 Å². The van der Waals surface area contributed by atoms with E-state index in [-0.39, 0.29) is 12.5 Å². The first-order chi connectivity index (χ1) is 11.2. The van der Waals surface area contributed by atoms with E-state index in [0.717, 1.165) is 11.4 Å². The molecule has 2 N–H and O–H groups in total. The van der Waals surface area contributed by atoms with Gasteiger partial charge in [0.15, 0.2) is 6.61 Å². The number of aromatic nitrogens is 1. The largest absolute Gasteiger partial charge is 0.484 e. The zero-order valence-electron chi connectivity index (χ0n) is 13.3. The first kappa shape index (κ1) is 16.8. The predicted octanol–water partition coefficient (Wildman–Crippen LogP) is 2.47. The van der Waals surface area contributed by atoms with Crippen LogP contribution in [0.4, 0.5) is 11.5 Å². The molecule has 0 aliphatic rings. The van der Waals surface area contributed by atoms with Crippen molar-refractivity contribution < 1.29 is 14.3 Å². The van der Waals surface area contributed by atoms with Gasteiger partial charge in [-0.25, -0.2) is 4.98 Å². The summed E-state index contributed by atoms with van der Waals surface area (Å²) in [4.78, 5) is 16.1. The Bertz CT molecular complexity index is 612. The number of aryl methyl sites for hydroxylation is 1. The summed E-state index contributed by atoms with van der Waals surface area (Å²) in [6.07, 6.45) is 1.60. The smallest absolute Gasteiger partial charge is 0.262 e. The van der Waals surface area contributed by atoms with Crippen LogP contribution in [0.3, 0.4) is 0 Å². The first-order valence-corrected chi connectivity index (χ1v) is 7.35. The van der Waals surface area contributed by atoms with Crippen molar-refractivity contribution in [3.05, 3.63) is 48.2 Å². The number of pyridine rings is 1. The SMILES string of the molecule is COCCNc1ccc(NC(=O)COc2ccc(C)cc2)cn1. The molecular weight excluding hydrogens is 294 g/mol. The fourth-order valence-corrected chi connectivity index (χ4v) is 1.83. The van der Waals surface area contributed by atoms with Gasteiger partial charge < -0.3 is 20.1 Å². The van der Waals surface area contributed by atoms with Gasteiger partial charge in [-0.05, 0) is 31.2 Å². The van der Waals surface area contributed by atoms with Gasteiger partial charge in [0.25, 0.3) is 5.91 Å². The molecule has 0 saturated carbocycles. The van der Waals surface area contributed by atoms with E-state index in [2.05, 4.69) is 15.6 Å². The van der Waals surface area contributed by atoms with Crippen molar-refractivity contribution in [3.63, 3.8) is 0 Å². The molecule has 1 amide bonds. The monoisotopic (exact) mass is 315 g/mol. The van der Waals surface area contributed by atoms with Gasteiger partial charge in [-0.2, -0.15) is 0 Å². The molecular formula is C17H21N3O3. The number of hydrogen-bond donors (Lipinski definition) is 2. The molecule has 0 aliphatic heterocycles. The first-order valence-electron chi connectivity index (χ1n) is 7.35. The van der Waals surface area contributed by atoms with Gasteiger partial charge in [0.1, 0.15) is 11.6 Å². The van der Waals surface area contributed by atoms with Crippen LogP contribution >= 0.6 is 0 Å². The lowest BCUT2D eigenvalue weighted by Gasteiger charge is -2.09. The van der Waals surface area contributed by atoms with E-state index in [1.165, 1.54) is 0 Å². The summed E-state index contributed by atoms with van der Waals surface area (Å²) in [5, 5.41) is 5.84. The van der Waals surface area contributed by atoms with Crippen LogP contribution in [0.5, 0.6) is 5.75 Å². The van der Waals surface area contributed by atoms with Gasteiger partial charge >= 0.3 is 0 Å². The predicted molar refractivity (Wildman–Crippen MR) is 89.9 cm³/mol. The second kappa shape index (κ2) is 8.75. The van der Waals surface area contributed by atoms with Crippen molar-refractivity contribution in [3.8, 4) is 5.75 Å². The Balaban J connectivity index is 1.77. The third-order valence-corrected chi connectivity index (χ3v) is 3.05. The van der Waals surface area contributed by atoms with Crippen molar-refractivity contribution in [2.75, 3.05) is 37.5 Å². The number of nitrogens with one attached hydrogen (secondary N) is 2. The molecule has 6 heteroatoms. The number of carbonyl (C=O) groups excluding carboxylic acids is 1. The highest BCUT2D eigenvalue weighted by Crippen LogP contribution is 2.12. The zero-order chi connectivity index (χ0) is 16.5. The summed E-state index contributed by atoms with van der Waals surface area (Å²) in [6.45, 7) is 3.24. The molecule has 2 rings (SSSR count). The number of methoxy groups -OCH3 is 1. The van der Waals surface area contributed by atoms with E-state index in [4.69, 9.17) is 9.47 Å². The number of hydrogen-bond acceptors (Lipinski definition) is 5. The highest BCUT2D eigenvalue weighted by Gasteiger charge is 2.04. The molecule has 1 aromatic carbocycles. The fraction of sp³-hybridized carbons (Fsp3) is 0.294. The van der Waals surface area contributed by atoms with Gasteiger partial charge in [-0.1, -0.05) is 17.7 Å². The van der Waals surface area contributed by atoms with Crippen LogP contribution in [-0.4, -0.2) is 37.8 Å². The minimum absolute atomic E-state index is 0.0447. The molecule has 0 fully saturated rings. The molecule has 0 unspecified atom stereocenters. The quantitative estimate of drug-likeness (QED) is 0.732. The summed E-state index contributed by atoms with van der Waals surface area (Å²) in [7, 11) is 1.65. The maximum absolute atomic E-state index is 11.9. The van der Waals surface area contributed by atoms with E-state index in [0.29, 0.717) is 24.6 Å². The molecule has 0 radical (unpaired) electrons. The molecule has 0 atom stereocenters. The summed E-state index contributed by atoms with van der Waals surface area (Å²) >= 11 is 0. The minimum atomic E-state index is -0.229. The molecule has 23 heavy (non-hydrogen) atoms. The summed E-state index contributed by atoms with van der Waals surface area (Å²) < 4.78 is 10.4. The van der Waals surface area contributed by atoms with Crippen molar-refractivity contribution in [2.24, 2.45) is 0 Å². The van der Waals surface area contributed by atoms with Crippen LogP contribution in [-0.2, 0) is 9.53 Å². The summed E-state index contributed by atoms with van der Waals surface area (Å²) in [6, 6.07) is 11.1. The number of anilines is 2. The lowest BCUT2D eigenvalue weighted by atomic mass is 10.2. The topological polar surface area (TPSA) is 72.5 Å². The van der Waals surface area contributed by atoms with Crippen LogP contribution in [0.1, 0.15) is 5.56 Å². The maximum Gasteiger partial charge on any atom is 0.262 e. The number of nitrogens with zero attached hydrogens (tertiary/aromatic N) is 1. The third-order valence-electron chi connectivity index (χ3n) is 3.05. The Morgan fingerprint density at radius 1 is 1.17 bits per heavy atom. The van der Waals surface area contributed by atoms with Gasteiger partial charge in [-0.15, -0.1) is 0 Å². The lowest BCUT2D eigenvalue weighted by Crippen LogP contribution is -2.20. The fourth-order valence-electron chi connectivity index (χ4n) is 1.83. The lowest BCUT2D eigenvalue weighted by molar-refractivity contribution is -0.118. The van der Waals surface area contributed by atoms with Gasteiger partial charge in [-0.3, -0.25) is 4.79 Å². The van der Waals surface area contributed by atoms with Crippen LogP contribution in [0.15, 0.2) is 42.6 Å². The van der Waals surface area contributed by atoms with Crippen molar-refractivity contribution in [2.45, 2.75) is 6.92 Å². The molecule has 0 spiro atoms.